The van der Waals surface area contributed by atoms with Crippen LogP contribution in [0.4, 0.5) is 0 Å². The van der Waals surface area contributed by atoms with Gasteiger partial charge in [0, 0.05) is 24.6 Å². The van der Waals surface area contributed by atoms with E-state index in [1.807, 2.05) is 6.92 Å². The maximum atomic E-state index is 9.29. The number of ether oxygens (including phenoxy) is 1. The molecule has 0 saturated carbocycles. The summed E-state index contributed by atoms with van der Waals surface area (Å²) >= 11 is 0. The van der Waals surface area contributed by atoms with Crippen LogP contribution in [-0.4, -0.2) is 48.2 Å². The number of nitrogens with one attached hydrogen (secondary N) is 1. The lowest BCUT2D eigenvalue weighted by Crippen LogP contribution is -2.49. The Morgan fingerprint density at radius 2 is 1.89 bits per heavy atom. The van der Waals surface area contributed by atoms with Gasteiger partial charge in [-0.15, -0.1) is 0 Å². The zero-order valence-electron chi connectivity index (χ0n) is 12.0. The van der Waals surface area contributed by atoms with E-state index in [0.717, 1.165) is 32.3 Å². The van der Waals surface area contributed by atoms with Gasteiger partial charge >= 0.3 is 0 Å². The minimum Gasteiger partial charge on any atom is -0.396 e. The Kier molecular flexibility index (Phi) is 6.05. The van der Waals surface area contributed by atoms with E-state index in [9.17, 15) is 10.2 Å². The quantitative estimate of drug-likeness (QED) is 0.645. The topological polar surface area (TPSA) is 61.7 Å². The van der Waals surface area contributed by atoms with Crippen LogP contribution in [0.2, 0.25) is 0 Å². The molecule has 18 heavy (non-hydrogen) atoms. The van der Waals surface area contributed by atoms with Gasteiger partial charge < -0.3 is 20.3 Å². The van der Waals surface area contributed by atoms with Crippen molar-refractivity contribution in [3.8, 4) is 0 Å². The van der Waals surface area contributed by atoms with Gasteiger partial charge in [-0.2, -0.15) is 0 Å². The third-order valence-corrected chi connectivity index (χ3v) is 4.36. The molecule has 1 unspecified atom stereocenters. The Balaban J connectivity index is 2.48. The van der Waals surface area contributed by atoms with Gasteiger partial charge in [0.25, 0.3) is 0 Å². The molecule has 0 aromatic carbocycles. The summed E-state index contributed by atoms with van der Waals surface area (Å²) in [6, 6.07) is 0.427. The Bertz CT molecular complexity index is 237. The Hall–Kier alpha value is -0.160. The first-order valence-corrected chi connectivity index (χ1v) is 7.12. The molecule has 0 aromatic rings. The predicted molar refractivity (Wildman–Crippen MR) is 72.6 cm³/mol. The van der Waals surface area contributed by atoms with Gasteiger partial charge in [-0.1, -0.05) is 20.8 Å². The van der Waals surface area contributed by atoms with Crippen molar-refractivity contribution in [3.63, 3.8) is 0 Å². The fraction of sp³-hybridized carbons (Fsp3) is 1.00. The summed E-state index contributed by atoms with van der Waals surface area (Å²) in [6.07, 6.45) is 4.11. The monoisotopic (exact) mass is 259 g/mol. The standard InChI is InChI=1S/C14H29NO3/c1-4-14(5-2)8-12(6-7-18-14)15-9-13(3,10-16)11-17/h12,15-17H,4-11H2,1-3H3. The van der Waals surface area contributed by atoms with Gasteiger partial charge in [0.1, 0.15) is 0 Å². The Morgan fingerprint density at radius 1 is 1.28 bits per heavy atom. The van der Waals surface area contributed by atoms with Gasteiger partial charge in [0.2, 0.25) is 0 Å². The molecule has 4 heteroatoms. The van der Waals surface area contributed by atoms with Crippen molar-refractivity contribution in [1.82, 2.24) is 5.32 Å². The van der Waals surface area contributed by atoms with E-state index >= 15 is 0 Å². The molecule has 0 amide bonds. The summed E-state index contributed by atoms with van der Waals surface area (Å²) in [5.41, 5.74) is -0.413. The van der Waals surface area contributed by atoms with E-state index in [1.165, 1.54) is 0 Å². The SMILES string of the molecule is CCC1(CC)CC(NCC(C)(CO)CO)CCO1. The maximum absolute atomic E-state index is 9.29. The molecule has 1 fully saturated rings. The lowest BCUT2D eigenvalue weighted by Gasteiger charge is -2.41. The van der Waals surface area contributed by atoms with Crippen molar-refractivity contribution in [2.75, 3.05) is 26.4 Å². The van der Waals surface area contributed by atoms with Crippen molar-refractivity contribution < 1.29 is 14.9 Å². The van der Waals surface area contributed by atoms with Crippen LogP contribution < -0.4 is 5.32 Å². The highest BCUT2D eigenvalue weighted by atomic mass is 16.5. The summed E-state index contributed by atoms with van der Waals surface area (Å²) < 4.78 is 5.94. The van der Waals surface area contributed by atoms with Gasteiger partial charge in [-0.05, 0) is 25.7 Å². The van der Waals surface area contributed by atoms with Crippen molar-refractivity contribution in [2.45, 2.75) is 58.1 Å². The van der Waals surface area contributed by atoms with Crippen LogP contribution in [0.3, 0.4) is 0 Å². The molecule has 1 heterocycles. The fourth-order valence-corrected chi connectivity index (χ4v) is 2.50. The lowest BCUT2D eigenvalue weighted by atomic mass is 9.85. The van der Waals surface area contributed by atoms with E-state index < -0.39 is 5.41 Å². The first-order valence-electron chi connectivity index (χ1n) is 7.12. The third kappa shape index (κ3) is 3.92. The number of hydrogen-bond acceptors (Lipinski definition) is 4. The van der Waals surface area contributed by atoms with Crippen molar-refractivity contribution >= 4 is 0 Å². The average Bonchev–Trinajstić information content (AvgIpc) is 2.45. The Labute approximate surface area is 111 Å². The highest BCUT2D eigenvalue weighted by Crippen LogP contribution is 2.31. The van der Waals surface area contributed by atoms with Gasteiger partial charge in [0.05, 0.1) is 18.8 Å². The molecule has 108 valence electrons. The lowest BCUT2D eigenvalue weighted by molar-refractivity contribution is -0.0944. The molecule has 1 aliphatic rings. The molecule has 3 N–H and O–H groups in total. The summed E-state index contributed by atoms with van der Waals surface area (Å²) in [4.78, 5) is 0. The first kappa shape index (κ1) is 15.9. The van der Waals surface area contributed by atoms with Gasteiger partial charge in [0.15, 0.2) is 0 Å². The second-order valence-electron chi connectivity index (χ2n) is 5.94. The predicted octanol–water partition coefficient (Wildman–Crippen LogP) is 1.30. The van der Waals surface area contributed by atoms with Crippen LogP contribution in [0.5, 0.6) is 0 Å². The van der Waals surface area contributed by atoms with E-state index in [1.54, 1.807) is 0 Å². The second-order valence-corrected chi connectivity index (χ2v) is 5.94. The zero-order valence-corrected chi connectivity index (χ0v) is 12.0. The fourth-order valence-electron chi connectivity index (χ4n) is 2.50. The number of rotatable bonds is 7. The van der Waals surface area contributed by atoms with E-state index in [0.29, 0.717) is 12.6 Å². The second kappa shape index (κ2) is 6.85. The Morgan fingerprint density at radius 3 is 2.39 bits per heavy atom. The number of aliphatic hydroxyl groups is 2. The van der Waals surface area contributed by atoms with Gasteiger partial charge in [-0.25, -0.2) is 0 Å². The summed E-state index contributed by atoms with van der Waals surface area (Å²) in [5.74, 6) is 0. The zero-order chi connectivity index (χ0) is 13.6. The van der Waals surface area contributed by atoms with E-state index in [-0.39, 0.29) is 18.8 Å². The summed E-state index contributed by atoms with van der Waals surface area (Å²) in [6.45, 7) is 7.71. The molecule has 4 nitrogen and oxygen atoms in total. The van der Waals surface area contributed by atoms with Crippen molar-refractivity contribution in [1.29, 1.82) is 0 Å². The minimum atomic E-state index is -0.431. The summed E-state index contributed by atoms with van der Waals surface area (Å²) in [5, 5.41) is 22.1. The molecule has 1 aliphatic heterocycles. The third-order valence-electron chi connectivity index (χ3n) is 4.36. The molecule has 1 rings (SSSR count). The molecule has 0 spiro atoms. The molecule has 0 aromatic heterocycles. The molecule has 0 radical (unpaired) electrons. The van der Waals surface area contributed by atoms with Crippen LogP contribution >= 0.6 is 0 Å². The molecular formula is C14H29NO3. The van der Waals surface area contributed by atoms with Crippen LogP contribution in [-0.2, 0) is 4.74 Å². The van der Waals surface area contributed by atoms with Crippen LogP contribution in [0.25, 0.3) is 0 Å². The molecule has 0 aliphatic carbocycles. The van der Waals surface area contributed by atoms with Crippen molar-refractivity contribution in [2.24, 2.45) is 5.41 Å². The van der Waals surface area contributed by atoms with Crippen LogP contribution in [0.1, 0.15) is 46.5 Å². The van der Waals surface area contributed by atoms with E-state index in [2.05, 4.69) is 19.2 Å². The normalized spacial score (nSPS) is 24.2. The number of aliphatic hydroxyl groups excluding tert-OH is 2. The van der Waals surface area contributed by atoms with Crippen molar-refractivity contribution in [3.05, 3.63) is 0 Å². The first-order chi connectivity index (χ1) is 8.53. The van der Waals surface area contributed by atoms with Crippen LogP contribution in [0.15, 0.2) is 0 Å². The minimum absolute atomic E-state index is 0.00637. The van der Waals surface area contributed by atoms with Gasteiger partial charge in [-0.3, -0.25) is 0 Å². The molecule has 1 atom stereocenters. The smallest absolute Gasteiger partial charge is 0.0692 e. The average molecular weight is 259 g/mol. The van der Waals surface area contributed by atoms with E-state index in [4.69, 9.17) is 4.74 Å². The number of hydrogen-bond donors (Lipinski definition) is 3. The van der Waals surface area contributed by atoms with Crippen LogP contribution in [0, 0.1) is 5.41 Å². The molecule has 1 saturated heterocycles. The highest BCUT2D eigenvalue weighted by Gasteiger charge is 2.35. The molecular weight excluding hydrogens is 230 g/mol. The largest absolute Gasteiger partial charge is 0.396 e. The summed E-state index contributed by atoms with van der Waals surface area (Å²) in [7, 11) is 0. The molecule has 0 bridgehead atoms. The highest BCUT2D eigenvalue weighted by molar-refractivity contribution is 4.89. The maximum Gasteiger partial charge on any atom is 0.0692 e.